The maximum absolute atomic E-state index is 5.51. The number of hydrogen-bond donors (Lipinski definition) is 2. The second kappa shape index (κ2) is 5.89. The van der Waals surface area contributed by atoms with Crippen LogP contribution in [0.25, 0.3) is 0 Å². The summed E-state index contributed by atoms with van der Waals surface area (Å²) in [6, 6.07) is 1.94. The Labute approximate surface area is 112 Å². The molecule has 0 amide bonds. The first-order valence-corrected chi connectivity index (χ1v) is 7.56. The molecule has 4 unspecified atom stereocenters. The molecule has 0 bridgehead atoms. The van der Waals surface area contributed by atoms with Gasteiger partial charge in [0, 0.05) is 30.7 Å². The Morgan fingerprint density at radius 3 is 2.72 bits per heavy atom. The molecule has 1 heterocycles. The number of piperidine rings is 1. The zero-order valence-electron chi connectivity index (χ0n) is 12.5. The predicted molar refractivity (Wildman–Crippen MR) is 75.8 cm³/mol. The Kier molecular flexibility index (Phi) is 4.68. The van der Waals surface area contributed by atoms with Crippen molar-refractivity contribution in [2.24, 2.45) is 5.41 Å². The van der Waals surface area contributed by atoms with Crippen LogP contribution in [0.1, 0.15) is 52.9 Å². The smallest absolute Gasteiger partial charge is 0.0652 e. The minimum Gasteiger partial charge on any atom is -0.381 e. The average molecular weight is 254 g/mol. The van der Waals surface area contributed by atoms with Crippen LogP contribution in [0.4, 0.5) is 0 Å². The molecule has 106 valence electrons. The summed E-state index contributed by atoms with van der Waals surface area (Å²) in [5, 5.41) is 7.43. The first-order chi connectivity index (χ1) is 8.54. The molecular formula is C15H30N2O. The summed E-state index contributed by atoms with van der Waals surface area (Å²) >= 11 is 0. The van der Waals surface area contributed by atoms with Gasteiger partial charge >= 0.3 is 0 Å². The van der Waals surface area contributed by atoms with E-state index < -0.39 is 0 Å². The molecular weight excluding hydrogens is 224 g/mol. The molecule has 0 spiro atoms. The van der Waals surface area contributed by atoms with Gasteiger partial charge in [0.2, 0.25) is 0 Å². The zero-order chi connectivity index (χ0) is 13.2. The molecule has 4 atom stereocenters. The second-order valence-corrected chi connectivity index (χ2v) is 6.78. The largest absolute Gasteiger partial charge is 0.381 e. The molecule has 0 aromatic heterocycles. The van der Waals surface area contributed by atoms with E-state index in [9.17, 15) is 0 Å². The summed E-state index contributed by atoms with van der Waals surface area (Å²) in [7, 11) is 1.83. The number of methoxy groups -OCH3 is 1. The van der Waals surface area contributed by atoms with Gasteiger partial charge in [-0.15, -0.1) is 0 Å². The normalized spacial score (nSPS) is 37.0. The van der Waals surface area contributed by atoms with Gasteiger partial charge in [0.05, 0.1) is 6.10 Å². The van der Waals surface area contributed by atoms with Gasteiger partial charge in [-0.3, -0.25) is 0 Å². The van der Waals surface area contributed by atoms with Crippen molar-refractivity contribution >= 4 is 0 Å². The summed E-state index contributed by atoms with van der Waals surface area (Å²) in [5.74, 6) is 0. The fourth-order valence-corrected chi connectivity index (χ4v) is 3.53. The zero-order valence-corrected chi connectivity index (χ0v) is 12.5. The Balaban J connectivity index is 1.73. The van der Waals surface area contributed by atoms with Crippen LogP contribution >= 0.6 is 0 Å². The van der Waals surface area contributed by atoms with Crippen LogP contribution in [0.2, 0.25) is 0 Å². The number of rotatable bonds is 5. The van der Waals surface area contributed by atoms with Crippen LogP contribution in [0.15, 0.2) is 0 Å². The maximum atomic E-state index is 5.51. The highest BCUT2D eigenvalue weighted by molar-refractivity contribution is 5.03. The molecule has 3 nitrogen and oxygen atoms in total. The van der Waals surface area contributed by atoms with E-state index in [4.69, 9.17) is 4.74 Å². The van der Waals surface area contributed by atoms with Gasteiger partial charge in [-0.1, -0.05) is 20.3 Å². The Bertz CT molecular complexity index is 261. The molecule has 3 heteroatoms. The highest BCUT2D eigenvalue weighted by atomic mass is 16.5. The Hall–Kier alpha value is -0.120. The average Bonchev–Trinajstić information content (AvgIpc) is 2.35. The molecule has 2 N–H and O–H groups in total. The first-order valence-electron chi connectivity index (χ1n) is 7.56. The van der Waals surface area contributed by atoms with Gasteiger partial charge in [0.1, 0.15) is 0 Å². The number of nitrogens with one attached hydrogen (secondary N) is 2. The van der Waals surface area contributed by atoms with Crippen molar-refractivity contribution in [1.82, 2.24) is 10.6 Å². The third-order valence-electron chi connectivity index (χ3n) is 5.00. The molecule has 1 saturated carbocycles. The van der Waals surface area contributed by atoms with E-state index >= 15 is 0 Å². The second-order valence-electron chi connectivity index (χ2n) is 6.78. The van der Waals surface area contributed by atoms with Gasteiger partial charge in [0.15, 0.2) is 0 Å². The third kappa shape index (κ3) is 3.06. The lowest BCUT2D eigenvalue weighted by molar-refractivity contribution is -0.100. The van der Waals surface area contributed by atoms with Crippen molar-refractivity contribution in [3.63, 3.8) is 0 Å². The van der Waals surface area contributed by atoms with Crippen LogP contribution in [-0.4, -0.2) is 37.9 Å². The van der Waals surface area contributed by atoms with Crippen molar-refractivity contribution in [2.75, 3.05) is 13.7 Å². The molecule has 1 aliphatic carbocycles. The summed E-state index contributed by atoms with van der Waals surface area (Å²) in [6.07, 6.45) is 6.93. The lowest BCUT2D eigenvalue weighted by atomic mass is 9.64. The lowest BCUT2D eigenvalue weighted by Crippen LogP contribution is -2.62. The lowest BCUT2D eigenvalue weighted by Gasteiger charge is -2.52. The standard InChI is InChI=1S/C15H30N2O/c1-11(9-12-7-5-6-8-16-12)17-13-10-14(18-4)15(13,2)3/h11-14,16-17H,5-10H2,1-4H3. The highest BCUT2D eigenvalue weighted by Gasteiger charge is 2.48. The predicted octanol–water partition coefficient (Wildman–Crippen LogP) is 2.31. The molecule has 2 rings (SSSR count). The van der Waals surface area contributed by atoms with E-state index in [1.54, 1.807) is 0 Å². The van der Waals surface area contributed by atoms with Crippen molar-refractivity contribution < 1.29 is 4.74 Å². The minimum absolute atomic E-state index is 0.281. The third-order valence-corrected chi connectivity index (χ3v) is 5.00. The van der Waals surface area contributed by atoms with E-state index in [1.807, 2.05) is 7.11 Å². The van der Waals surface area contributed by atoms with Crippen LogP contribution in [-0.2, 0) is 4.74 Å². The van der Waals surface area contributed by atoms with Gasteiger partial charge in [0.25, 0.3) is 0 Å². The molecule has 18 heavy (non-hydrogen) atoms. The van der Waals surface area contributed by atoms with Gasteiger partial charge in [-0.25, -0.2) is 0 Å². The molecule has 2 fully saturated rings. The quantitative estimate of drug-likeness (QED) is 0.790. The van der Waals surface area contributed by atoms with Crippen molar-refractivity contribution in [1.29, 1.82) is 0 Å². The van der Waals surface area contributed by atoms with Crippen molar-refractivity contribution in [3.05, 3.63) is 0 Å². The molecule has 1 aliphatic heterocycles. The minimum atomic E-state index is 0.281. The summed E-state index contributed by atoms with van der Waals surface area (Å²) in [6.45, 7) is 8.16. The Morgan fingerprint density at radius 1 is 1.39 bits per heavy atom. The summed E-state index contributed by atoms with van der Waals surface area (Å²) in [5.41, 5.74) is 0.281. The molecule has 2 aliphatic rings. The van der Waals surface area contributed by atoms with E-state index in [-0.39, 0.29) is 5.41 Å². The van der Waals surface area contributed by atoms with E-state index in [0.717, 1.165) is 12.5 Å². The first kappa shape index (κ1) is 14.3. The molecule has 0 radical (unpaired) electrons. The highest BCUT2D eigenvalue weighted by Crippen LogP contribution is 2.42. The van der Waals surface area contributed by atoms with Crippen LogP contribution in [0.5, 0.6) is 0 Å². The van der Waals surface area contributed by atoms with Gasteiger partial charge in [-0.2, -0.15) is 0 Å². The van der Waals surface area contributed by atoms with E-state index in [0.29, 0.717) is 18.2 Å². The summed E-state index contributed by atoms with van der Waals surface area (Å²) < 4.78 is 5.51. The van der Waals surface area contributed by atoms with Crippen LogP contribution in [0.3, 0.4) is 0 Å². The van der Waals surface area contributed by atoms with Crippen molar-refractivity contribution in [2.45, 2.75) is 77.1 Å². The molecule has 1 saturated heterocycles. The van der Waals surface area contributed by atoms with Gasteiger partial charge < -0.3 is 15.4 Å². The van der Waals surface area contributed by atoms with E-state index in [2.05, 4.69) is 31.4 Å². The Morgan fingerprint density at radius 2 is 2.17 bits per heavy atom. The van der Waals surface area contributed by atoms with Crippen molar-refractivity contribution in [3.8, 4) is 0 Å². The molecule has 0 aromatic carbocycles. The molecule has 0 aromatic rings. The maximum Gasteiger partial charge on any atom is 0.0652 e. The summed E-state index contributed by atoms with van der Waals surface area (Å²) in [4.78, 5) is 0. The SMILES string of the molecule is COC1CC(NC(C)CC2CCCCN2)C1(C)C. The van der Waals surface area contributed by atoms with Crippen LogP contribution < -0.4 is 10.6 Å². The topological polar surface area (TPSA) is 33.3 Å². The number of ether oxygens (including phenoxy) is 1. The van der Waals surface area contributed by atoms with Gasteiger partial charge in [-0.05, 0) is 39.2 Å². The number of hydrogen-bond acceptors (Lipinski definition) is 3. The van der Waals surface area contributed by atoms with E-state index in [1.165, 1.54) is 32.2 Å². The fourth-order valence-electron chi connectivity index (χ4n) is 3.53. The van der Waals surface area contributed by atoms with Crippen LogP contribution in [0, 0.1) is 5.41 Å². The monoisotopic (exact) mass is 254 g/mol. The fraction of sp³-hybridized carbons (Fsp3) is 1.00.